The first-order valence-corrected chi connectivity index (χ1v) is 28.0. The molecule has 420 valence electrons. The Morgan fingerprint density at radius 2 is 1.07 bits per heavy atom. The summed E-state index contributed by atoms with van der Waals surface area (Å²) in [5, 5.41) is 75.6. The van der Waals surface area contributed by atoms with E-state index >= 15 is 0 Å². The molecular weight excluding hydrogens is 1030 g/mol. The zero-order valence-electron chi connectivity index (χ0n) is 45.8. The molecule has 0 bridgehead atoms. The topological polar surface area (TPSA) is 263 Å². The van der Waals surface area contributed by atoms with Gasteiger partial charge < -0.3 is 62.8 Å². The van der Waals surface area contributed by atoms with E-state index in [4.69, 9.17) is 25.2 Å². The van der Waals surface area contributed by atoms with E-state index in [1.807, 2.05) is 84.9 Å². The number of aliphatic hydroxyl groups excluding tert-OH is 2. The Hall–Kier alpha value is -8.96. The van der Waals surface area contributed by atoms with Crippen molar-refractivity contribution in [3.05, 3.63) is 157 Å². The Labute approximate surface area is 476 Å². The molecule has 0 spiro atoms. The van der Waals surface area contributed by atoms with Crippen LogP contribution >= 0.6 is 0 Å². The first-order valence-electron chi connectivity index (χ1n) is 28.0. The number of phenolic OH excluding ortho intramolecular Hbond substituents is 3. The SMILES string of the molecule is C=C(NCC)[C@H]1C[C@H](Nc2nc(-c3ccccc3O)nc3ccccc23)CN1.OCC#Cc1ccc2nc(-c3ccccc3O)nc(N[C@H]3CCNC3)c2c1.OCCCc1ccc2nc(-c3ccccc3O)nc(N[C@H]3CCNC3)c2c1. The molecule has 82 heavy (non-hydrogen) atoms. The predicted octanol–water partition coefficient (Wildman–Crippen LogP) is 8.09. The van der Waals surface area contributed by atoms with Crippen molar-refractivity contribution in [1.29, 1.82) is 0 Å². The number of hydrogen-bond acceptors (Lipinski definition) is 18. The molecule has 3 aliphatic heterocycles. The van der Waals surface area contributed by atoms with E-state index in [9.17, 15) is 15.3 Å². The van der Waals surface area contributed by atoms with E-state index < -0.39 is 0 Å². The van der Waals surface area contributed by atoms with E-state index in [1.165, 1.54) is 0 Å². The first kappa shape index (κ1) is 56.3. The van der Waals surface area contributed by atoms with Crippen LogP contribution in [0.25, 0.3) is 66.9 Å². The number of phenols is 3. The maximum atomic E-state index is 10.2. The molecule has 3 fully saturated rings. The first-order chi connectivity index (χ1) is 40.1. The van der Waals surface area contributed by atoms with E-state index in [-0.39, 0.29) is 48.6 Å². The molecule has 0 radical (unpaired) electrons. The number of nitrogens with zero attached hydrogens (tertiary/aromatic N) is 6. The van der Waals surface area contributed by atoms with Crippen LogP contribution in [0.5, 0.6) is 17.2 Å². The normalized spacial score (nSPS) is 17.3. The number of rotatable bonds is 15. The van der Waals surface area contributed by atoms with Crippen molar-refractivity contribution in [2.45, 2.75) is 63.2 Å². The lowest BCUT2D eigenvalue weighted by Gasteiger charge is -2.17. The highest BCUT2D eigenvalue weighted by Crippen LogP contribution is 2.34. The van der Waals surface area contributed by atoms with E-state index in [2.05, 4.69) is 83.6 Å². The maximum absolute atomic E-state index is 10.2. The van der Waals surface area contributed by atoms with E-state index in [0.717, 1.165) is 138 Å². The van der Waals surface area contributed by atoms with Gasteiger partial charge in [-0.3, -0.25) is 0 Å². The van der Waals surface area contributed by atoms with Crippen molar-refractivity contribution in [2.75, 3.05) is 68.4 Å². The number of aryl methyl sites for hydroxylation is 1. The van der Waals surface area contributed by atoms with Gasteiger partial charge in [-0.15, -0.1) is 0 Å². The third-order valence-corrected chi connectivity index (χ3v) is 14.5. The summed E-state index contributed by atoms with van der Waals surface area (Å²) in [6.07, 6.45) is 4.54. The van der Waals surface area contributed by atoms with Crippen LogP contribution < -0.4 is 37.2 Å². The van der Waals surface area contributed by atoms with Gasteiger partial charge >= 0.3 is 0 Å². The molecule has 18 heteroatoms. The highest BCUT2D eigenvalue weighted by Gasteiger charge is 2.27. The van der Waals surface area contributed by atoms with Crippen molar-refractivity contribution < 1.29 is 25.5 Å². The fourth-order valence-electron chi connectivity index (χ4n) is 10.3. The molecule has 0 aliphatic carbocycles. The summed E-state index contributed by atoms with van der Waals surface area (Å²) in [5.41, 5.74) is 7.26. The number of benzene rings is 6. The van der Waals surface area contributed by atoms with Gasteiger partial charge in [0.1, 0.15) is 41.3 Å². The Morgan fingerprint density at radius 3 is 1.60 bits per heavy atom. The third kappa shape index (κ3) is 13.8. The molecular formula is C64H69N13O5. The summed E-state index contributed by atoms with van der Waals surface area (Å²) in [6.45, 7) is 11.6. The van der Waals surface area contributed by atoms with E-state index in [1.54, 1.807) is 42.5 Å². The van der Waals surface area contributed by atoms with Crippen molar-refractivity contribution in [1.82, 2.24) is 51.2 Å². The minimum atomic E-state index is -0.181. The van der Waals surface area contributed by atoms with E-state index in [0.29, 0.717) is 40.2 Å². The van der Waals surface area contributed by atoms with Crippen molar-refractivity contribution in [2.24, 2.45) is 0 Å². The maximum Gasteiger partial charge on any atom is 0.165 e. The smallest absolute Gasteiger partial charge is 0.165 e. The monoisotopic (exact) mass is 1100 g/mol. The summed E-state index contributed by atoms with van der Waals surface area (Å²) >= 11 is 0. The zero-order valence-corrected chi connectivity index (χ0v) is 45.8. The average molecular weight is 1100 g/mol. The molecule has 3 saturated heterocycles. The van der Waals surface area contributed by atoms with Gasteiger partial charge in [-0.1, -0.05) is 73.0 Å². The quantitative estimate of drug-likeness (QED) is 0.0433. The largest absolute Gasteiger partial charge is 0.507 e. The lowest BCUT2D eigenvalue weighted by molar-refractivity contribution is 0.288. The number of anilines is 3. The van der Waals surface area contributed by atoms with Crippen LogP contribution in [0.2, 0.25) is 0 Å². The highest BCUT2D eigenvalue weighted by atomic mass is 16.3. The molecule has 3 aliphatic rings. The number of likely N-dealkylation sites (N-methyl/N-ethyl adjacent to an activating group) is 1. The highest BCUT2D eigenvalue weighted by molar-refractivity contribution is 5.94. The summed E-state index contributed by atoms with van der Waals surface area (Å²) in [6, 6.07) is 42.2. The average Bonchev–Trinajstić information content (AvgIpc) is 4.46. The summed E-state index contributed by atoms with van der Waals surface area (Å²) in [7, 11) is 0. The fourth-order valence-corrected chi connectivity index (χ4v) is 10.3. The van der Waals surface area contributed by atoms with Crippen LogP contribution in [0.4, 0.5) is 17.5 Å². The van der Waals surface area contributed by atoms with Crippen LogP contribution in [-0.4, -0.2) is 132 Å². The van der Waals surface area contributed by atoms with Crippen LogP contribution in [0.1, 0.15) is 43.7 Å². The molecule has 3 aromatic heterocycles. The number of aromatic nitrogens is 6. The number of aliphatic hydroxyl groups is 2. The minimum Gasteiger partial charge on any atom is -0.507 e. The van der Waals surface area contributed by atoms with Gasteiger partial charge in [0.25, 0.3) is 0 Å². The van der Waals surface area contributed by atoms with Gasteiger partial charge in [0.15, 0.2) is 17.5 Å². The molecule has 9 aromatic rings. The molecule has 6 heterocycles. The van der Waals surface area contributed by atoms with Crippen LogP contribution in [-0.2, 0) is 6.42 Å². The second-order valence-electron chi connectivity index (χ2n) is 20.4. The molecule has 12 rings (SSSR count). The lowest BCUT2D eigenvalue weighted by atomic mass is 10.1. The number of aromatic hydroxyl groups is 3. The summed E-state index contributed by atoms with van der Waals surface area (Å²) in [5.74, 6) is 9.88. The molecule has 18 nitrogen and oxygen atoms in total. The Bertz CT molecular complexity index is 3750. The number of hydrogen-bond donors (Lipinski definition) is 12. The second kappa shape index (κ2) is 27.0. The van der Waals surface area contributed by atoms with Crippen molar-refractivity contribution in [3.63, 3.8) is 0 Å². The number of para-hydroxylation sites is 4. The molecule has 12 N–H and O–H groups in total. The Balaban J connectivity index is 0.000000138. The van der Waals surface area contributed by atoms with Gasteiger partial charge in [-0.05, 0) is 137 Å². The van der Waals surface area contributed by atoms with Crippen molar-refractivity contribution >= 4 is 50.2 Å². The Morgan fingerprint density at radius 1 is 0.573 bits per heavy atom. The number of fused-ring (bicyclic) bond motifs is 3. The molecule has 4 atom stereocenters. The van der Waals surface area contributed by atoms with Gasteiger partial charge in [-0.25, -0.2) is 29.9 Å². The van der Waals surface area contributed by atoms with Crippen LogP contribution in [0.3, 0.4) is 0 Å². The molecule has 6 aromatic carbocycles. The van der Waals surface area contributed by atoms with Gasteiger partial charge in [0, 0.05) is 84.4 Å². The lowest BCUT2D eigenvalue weighted by Crippen LogP contribution is -2.30. The third-order valence-electron chi connectivity index (χ3n) is 14.5. The summed E-state index contributed by atoms with van der Waals surface area (Å²) in [4.78, 5) is 28.2. The number of nitrogens with one attached hydrogen (secondary N) is 7. The second-order valence-corrected chi connectivity index (χ2v) is 20.4. The standard InChI is InChI=1S/C22H25N5O.C21H24N4O2.C21H20N4O2/c1-3-23-14(2)19-12-15(13-24-19)25-21-16-8-4-6-10-18(16)26-22(27-21)17-9-5-7-11-20(17)28;2*26-11-3-4-14-7-8-18-17(12-14)21(23-15-9-10-22-13-15)25-20(24-18)16-5-1-2-6-19(16)27/h4-11,15,19,23-24,28H,2-3,12-13H2,1H3,(H,25,26,27);1-2,5-8,12,15,22,26-27H,3-4,9-11,13H2,(H,23,24,25);1-2,5-8,12,15,22,26-27H,9-11,13H2,(H,23,24,25)/t15-,19+;2*15-/m000/s1. The predicted molar refractivity (Wildman–Crippen MR) is 326 cm³/mol. The fraction of sp³-hybridized carbons (Fsp3) is 0.281. The molecule has 0 amide bonds. The molecule has 0 unspecified atom stereocenters. The summed E-state index contributed by atoms with van der Waals surface area (Å²) < 4.78 is 0. The molecule has 0 saturated carbocycles. The minimum absolute atomic E-state index is 0.149. The zero-order chi connectivity index (χ0) is 56.8. The van der Waals surface area contributed by atoms with Crippen LogP contribution in [0, 0.1) is 11.8 Å². The van der Waals surface area contributed by atoms with Gasteiger partial charge in [0.2, 0.25) is 0 Å². The van der Waals surface area contributed by atoms with Gasteiger partial charge in [0.05, 0.1) is 33.2 Å². The van der Waals surface area contributed by atoms with Crippen LogP contribution in [0.15, 0.2) is 146 Å². The van der Waals surface area contributed by atoms with Crippen molar-refractivity contribution in [3.8, 4) is 63.3 Å². The Kier molecular flexibility index (Phi) is 18.5. The van der Waals surface area contributed by atoms with Gasteiger partial charge in [-0.2, -0.15) is 0 Å².